The molecule has 0 amide bonds. The van der Waals surface area contributed by atoms with Gasteiger partial charge < -0.3 is 18.9 Å². The molecule has 0 spiro atoms. The second kappa shape index (κ2) is 10.0. The molecule has 1 aliphatic rings. The van der Waals surface area contributed by atoms with Crippen LogP contribution in [0.5, 0.6) is 0 Å². The van der Waals surface area contributed by atoms with Crippen LogP contribution in [0.1, 0.15) is 59.2 Å². The molecule has 0 bridgehead atoms. The van der Waals surface area contributed by atoms with Gasteiger partial charge in [-0.25, -0.2) is 4.79 Å². The SMILES string of the molecule is CCOCCn1c(C)c(C2(c3ccc(N(CC)CC)cc3C)OC(=O)c3cccnc32)c2ccccc21. The molecule has 6 heteroatoms. The second-order valence-electron chi connectivity index (χ2n) is 9.47. The maximum Gasteiger partial charge on any atom is 0.341 e. The van der Waals surface area contributed by atoms with Crippen LogP contribution in [0.2, 0.25) is 0 Å². The van der Waals surface area contributed by atoms with Gasteiger partial charge in [0.15, 0.2) is 0 Å². The van der Waals surface area contributed by atoms with Crippen molar-refractivity contribution in [1.29, 1.82) is 0 Å². The summed E-state index contributed by atoms with van der Waals surface area (Å²) in [5.74, 6) is -0.346. The minimum atomic E-state index is -1.15. The Morgan fingerprint density at radius 1 is 1.03 bits per heavy atom. The Labute approximate surface area is 218 Å². The van der Waals surface area contributed by atoms with Crippen LogP contribution in [0.15, 0.2) is 60.8 Å². The summed E-state index contributed by atoms with van der Waals surface area (Å²) in [6.07, 6.45) is 1.75. The lowest BCUT2D eigenvalue weighted by Gasteiger charge is -2.32. The maximum atomic E-state index is 13.4. The van der Waals surface area contributed by atoms with E-state index in [1.165, 1.54) is 0 Å². The highest BCUT2D eigenvalue weighted by molar-refractivity contribution is 5.98. The van der Waals surface area contributed by atoms with Crippen molar-refractivity contribution in [1.82, 2.24) is 9.55 Å². The van der Waals surface area contributed by atoms with E-state index in [-0.39, 0.29) is 5.97 Å². The summed E-state index contributed by atoms with van der Waals surface area (Å²) >= 11 is 0. The monoisotopic (exact) mass is 497 g/mol. The van der Waals surface area contributed by atoms with Gasteiger partial charge in [-0.1, -0.05) is 24.3 Å². The number of carbonyl (C=O) groups is 1. The van der Waals surface area contributed by atoms with Crippen molar-refractivity contribution in [2.45, 2.75) is 46.8 Å². The van der Waals surface area contributed by atoms with Gasteiger partial charge in [0.2, 0.25) is 5.60 Å². The Morgan fingerprint density at radius 3 is 2.54 bits per heavy atom. The van der Waals surface area contributed by atoms with Gasteiger partial charge in [0.05, 0.1) is 12.2 Å². The summed E-state index contributed by atoms with van der Waals surface area (Å²) in [5.41, 5.74) is 6.25. The number of benzene rings is 2. The molecule has 5 rings (SSSR count). The highest BCUT2D eigenvalue weighted by atomic mass is 16.6. The van der Waals surface area contributed by atoms with Gasteiger partial charge in [0, 0.05) is 65.8 Å². The number of fused-ring (bicyclic) bond motifs is 2. The maximum absolute atomic E-state index is 13.4. The molecule has 1 aliphatic heterocycles. The molecular formula is C31H35N3O3. The van der Waals surface area contributed by atoms with Crippen molar-refractivity contribution in [2.75, 3.05) is 31.2 Å². The zero-order chi connectivity index (χ0) is 26.2. The third-order valence-corrected chi connectivity index (χ3v) is 7.57. The van der Waals surface area contributed by atoms with Gasteiger partial charge in [0.25, 0.3) is 0 Å². The van der Waals surface area contributed by atoms with Crippen LogP contribution in [0.3, 0.4) is 0 Å². The fraction of sp³-hybridized carbons (Fsp3) is 0.355. The Morgan fingerprint density at radius 2 is 1.81 bits per heavy atom. The molecule has 6 nitrogen and oxygen atoms in total. The molecule has 192 valence electrons. The quantitative estimate of drug-likeness (QED) is 0.210. The molecule has 3 heterocycles. The summed E-state index contributed by atoms with van der Waals surface area (Å²) in [6.45, 7) is 14.4. The summed E-state index contributed by atoms with van der Waals surface area (Å²) in [6, 6.07) is 18.4. The molecule has 2 aromatic carbocycles. The van der Waals surface area contributed by atoms with Gasteiger partial charge in [-0.15, -0.1) is 0 Å². The number of cyclic esters (lactones) is 1. The molecule has 0 aliphatic carbocycles. The fourth-order valence-electron chi connectivity index (χ4n) is 5.87. The lowest BCUT2D eigenvalue weighted by atomic mass is 9.79. The number of aromatic nitrogens is 2. The van der Waals surface area contributed by atoms with Gasteiger partial charge in [-0.05, 0) is 70.5 Å². The minimum Gasteiger partial charge on any atom is -0.439 e. The van der Waals surface area contributed by atoms with Crippen LogP contribution in [0, 0.1) is 13.8 Å². The van der Waals surface area contributed by atoms with Crippen molar-refractivity contribution in [3.63, 3.8) is 0 Å². The lowest BCUT2D eigenvalue weighted by Crippen LogP contribution is -2.32. The summed E-state index contributed by atoms with van der Waals surface area (Å²) in [7, 11) is 0. The van der Waals surface area contributed by atoms with Crippen LogP contribution in [0.25, 0.3) is 10.9 Å². The number of rotatable bonds is 9. The molecule has 0 radical (unpaired) electrons. The summed E-state index contributed by atoms with van der Waals surface area (Å²) in [4.78, 5) is 20.5. The zero-order valence-corrected chi connectivity index (χ0v) is 22.4. The van der Waals surface area contributed by atoms with Crippen molar-refractivity contribution >= 4 is 22.6 Å². The highest BCUT2D eigenvalue weighted by Crippen LogP contribution is 2.51. The average molecular weight is 498 g/mol. The molecule has 1 atom stereocenters. The molecule has 0 N–H and O–H groups in total. The smallest absolute Gasteiger partial charge is 0.341 e. The summed E-state index contributed by atoms with van der Waals surface area (Å²) < 4.78 is 14.5. The van der Waals surface area contributed by atoms with E-state index in [9.17, 15) is 4.79 Å². The predicted octanol–water partition coefficient (Wildman–Crippen LogP) is 6.00. The van der Waals surface area contributed by atoms with Crippen molar-refractivity contribution in [2.24, 2.45) is 0 Å². The van der Waals surface area contributed by atoms with E-state index in [0.717, 1.165) is 52.1 Å². The average Bonchev–Trinajstić information content (AvgIpc) is 3.36. The molecule has 0 saturated carbocycles. The third-order valence-electron chi connectivity index (χ3n) is 7.57. The number of hydrogen-bond donors (Lipinski definition) is 0. The van der Waals surface area contributed by atoms with Gasteiger partial charge in [-0.3, -0.25) is 4.98 Å². The number of nitrogens with zero attached hydrogens (tertiary/aromatic N) is 3. The van der Waals surface area contributed by atoms with Crippen molar-refractivity contribution < 1.29 is 14.3 Å². The van der Waals surface area contributed by atoms with E-state index in [1.54, 1.807) is 12.3 Å². The van der Waals surface area contributed by atoms with Gasteiger partial charge >= 0.3 is 5.97 Å². The Bertz CT molecular complexity index is 1450. The first-order chi connectivity index (χ1) is 18.0. The number of hydrogen-bond acceptors (Lipinski definition) is 5. The van der Waals surface area contributed by atoms with E-state index in [0.29, 0.717) is 31.0 Å². The van der Waals surface area contributed by atoms with Crippen molar-refractivity contribution in [3.8, 4) is 0 Å². The van der Waals surface area contributed by atoms with Crippen LogP contribution in [-0.2, 0) is 21.6 Å². The first kappa shape index (κ1) is 25.0. The first-order valence-corrected chi connectivity index (χ1v) is 13.2. The normalized spacial score (nSPS) is 16.7. The second-order valence-corrected chi connectivity index (χ2v) is 9.47. The Hall–Kier alpha value is -3.64. The van der Waals surface area contributed by atoms with E-state index in [1.807, 2.05) is 25.1 Å². The molecule has 1 unspecified atom stereocenters. The minimum absolute atomic E-state index is 0.346. The Balaban J connectivity index is 1.82. The largest absolute Gasteiger partial charge is 0.439 e. The van der Waals surface area contributed by atoms with Crippen LogP contribution in [0.4, 0.5) is 5.69 Å². The Kier molecular flexibility index (Phi) is 6.78. The number of carbonyl (C=O) groups excluding carboxylic acids is 1. The van der Waals surface area contributed by atoms with Crippen LogP contribution >= 0.6 is 0 Å². The first-order valence-electron chi connectivity index (χ1n) is 13.2. The molecular weight excluding hydrogens is 462 g/mol. The van der Waals surface area contributed by atoms with Crippen LogP contribution in [-0.4, -0.2) is 41.8 Å². The molecule has 37 heavy (non-hydrogen) atoms. The van der Waals surface area contributed by atoms with Crippen molar-refractivity contribution in [3.05, 3.63) is 94.4 Å². The van der Waals surface area contributed by atoms with E-state index in [2.05, 4.69) is 67.5 Å². The number of aryl methyl sites for hydroxylation is 1. The topological polar surface area (TPSA) is 56.6 Å². The molecule has 0 fully saturated rings. The number of anilines is 1. The van der Waals surface area contributed by atoms with E-state index in [4.69, 9.17) is 14.5 Å². The molecule has 2 aromatic heterocycles. The highest BCUT2D eigenvalue weighted by Gasteiger charge is 2.53. The summed E-state index contributed by atoms with van der Waals surface area (Å²) in [5, 5.41) is 1.05. The number of esters is 1. The van der Waals surface area contributed by atoms with Gasteiger partial charge in [-0.2, -0.15) is 0 Å². The predicted molar refractivity (Wildman–Crippen MR) is 147 cm³/mol. The van der Waals surface area contributed by atoms with Gasteiger partial charge in [0.1, 0.15) is 5.69 Å². The standard InChI is InChI=1S/C31H35N3O3/c1-6-33(7-2)23-15-16-26(21(4)20-23)31(29-25(30(35)37-31)13-11-17-32-29)28-22(5)34(18-19-36-8-3)27-14-10-9-12-24(27)28/h9-17,20H,6-8,18-19H2,1-5H3. The zero-order valence-electron chi connectivity index (χ0n) is 22.4. The van der Waals surface area contributed by atoms with Crippen LogP contribution < -0.4 is 4.90 Å². The third kappa shape index (κ3) is 3.91. The lowest BCUT2D eigenvalue weighted by molar-refractivity contribution is 0.0243. The molecule has 4 aromatic rings. The number of para-hydroxylation sites is 1. The van der Waals surface area contributed by atoms with E-state index >= 15 is 0 Å². The number of ether oxygens (including phenoxy) is 2. The number of pyridine rings is 1. The van der Waals surface area contributed by atoms with E-state index < -0.39 is 5.60 Å². The molecule has 0 saturated heterocycles. The fourth-order valence-corrected chi connectivity index (χ4v) is 5.87.